The first-order valence-corrected chi connectivity index (χ1v) is 8.43. The number of nitrogens with zero attached hydrogens (tertiary/aromatic N) is 3. The van der Waals surface area contributed by atoms with E-state index in [0.717, 1.165) is 5.01 Å². The average Bonchev–Trinajstić information content (AvgIpc) is 2.61. The van der Waals surface area contributed by atoms with E-state index in [0.29, 0.717) is 28.9 Å². The second-order valence-electron chi connectivity index (χ2n) is 5.69. The van der Waals surface area contributed by atoms with Crippen molar-refractivity contribution in [2.75, 3.05) is 11.6 Å². The van der Waals surface area contributed by atoms with Gasteiger partial charge >= 0.3 is 6.03 Å². The van der Waals surface area contributed by atoms with Crippen LogP contribution in [0.25, 0.3) is 0 Å². The number of aryl methyl sites for hydroxylation is 1. The fourth-order valence-electron chi connectivity index (χ4n) is 2.69. The van der Waals surface area contributed by atoms with E-state index in [2.05, 4.69) is 16.5 Å². The second-order valence-corrected chi connectivity index (χ2v) is 6.50. The van der Waals surface area contributed by atoms with Gasteiger partial charge in [0.25, 0.3) is 0 Å². The Morgan fingerprint density at radius 1 is 1.31 bits per heavy atom. The molecule has 1 heterocycles. The third-order valence-electron chi connectivity index (χ3n) is 3.98. The molecule has 26 heavy (non-hydrogen) atoms. The summed E-state index contributed by atoms with van der Waals surface area (Å²) in [6.45, 7) is 1.96. The monoisotopic (exact) mass is 390 g/mol. The molecule has 0 aromatic heterocycles. The maximum absolute atomic E-state index is 13.5. The first-order valence-electron chi connectivity index (χ1n) is 7.67. The quantitative estimate of drug-likeness (QED) is 0.830. The van der Waals surface area contributed by atoms with Crippen molar-refractivity contribution in [3.63, 3.8) is 0 Å². The normalized spacial score (nSPS) is 14.7. The molecule has 0 saturated heterocycles. The lowest BCUT2D eigenvalue weighted by Gasteiger charge is -2.22. The van der Waals surface area contributed by atoms with Crippen LogP contribution in [0.1, 0.15) is 22.6 Å². The van der Waals surface area contributed by atoms with E-state index in [1.165, 1.54) is 30.5 Å². The maximum atomic E-state index is 13.5. The van der Waals surface area contributed by atoms with Crippen LogP contribution in [0.5, 0.6) is 0 Å². The summed E-state index contributed by atoms with van der Waals surface area (Å²) in [6.07, 6.45) is 1.54. The van der Waals surface area contributed by atoms with E-state index in [1.54, 1.807) is 13.0 Å². The summed E-state index contributed by atoms with van der Waals surface area (Å²) in [5.74, 6) is -1.13. The Morgan fingerprint density at radius 3 is 2.58 bits per heavy atom. The molecule has 0 bridgehead atoms. The number of halogens is 3. The minimum Gasteiger partial charge on any atom is -0.331 e. The molecule has 0 spiro atoms. The Labute approximate surface area is 159 Å². The number of nitriles is 1. The summed E-state index contributed by atoms with van der Waals surface area (Å²) in [5, 5.41) is 17.8. The average molecular weight is 391 g/mol. The second kappa shape index (κ2) is 7.32. The number of nitrogens with one attached hydrogen (secondary N) is 1. The molecule has 1 aliphatic rings. The van der Waals surface area contributed by atoms with Gasteiger partial charge in [-0.3, -0.25) is 0 Å². The van der Waals surface area contributed by atoms with Crippen LogP contribution in [-0.4, -0.2) is 18.8 Å². The molecule has 8 heteroatoms. The lowest BCUT2D eigenvalue weighted by atomic mass is 9.91. The number of carbonyl (C=O) groups is 1. The maximum Gasteiger partial charge on any atom is 0.342 e. The summed E-state index contributed by atoms with van der Waals surface area (Å²) < 4.78 is 13.5. The van der Waals surface area contributed by atoms with Gasteiger partial charge in [0.05, 0.1) is 24.2 Å². The van der Waals surface area contributed by atoms with Gasteiger partial charge in [0, 0.05) is 21.8 Å². The predicted molar refractivity (Wildman–Crippen MR) is 99.4 cm³/mol. The van der Waals surface area contributed by atoms with Crippen LogP contribution in [0, 0.1) is 24.1 Å². The zero-order valence-electron chi connectivity index (χ0n) is 13.6. The Morgan fingerprint density at radius 2 is 2.00 bits per heavy atom. The molecule has 0 radical (unpaired) electrons. The molecule has 0 aliphatic carbocycles. The van der Waals surface area contributed by atoms with Gasteiger partial charge in [0.2, 0.25) is 0 Å². The van der Waals surface area contributed by atoms with Crippen molar-refractivity contribution in [2.45, 2.75) is 12.8 Å². The Kier molecular flexibility index (Phi) is 5.12. The summed E-state index contributed by atoms with van der Waals surface area (Å²) in [5.41, 5.74) is 1.78. The van der Waals surface area contributed by atoms with Crippen LogP contribution in [0.15, 0.2) is 35.4 Å². The fraction of sp³-hybridized carbons (Fsp3) is 0.167. The molecule has 2 aromatic rings. The van der Waals surface area contributed by atoms with E-state index in [4.69, 9.17) is 23.2 Å². The highest BCUT2D eigenvalue weighted by Crippen LogP contribution is 2.39. The van der Waals surface area contributed by atoms with Crippen LogP contribution in [-0.2, 0) is 0 Å². The van der Waals surface area contributed by atoms with E-state index in [9.17, 15) is 14.4 Å². The number of carbonyl (C=O) groups excluding carboxylic acids is 1. The number of hydrazone groups is 1. The van der Waals surface area contributed by atoms with Gasteiger partial charge in [-0.05, 0) is 36.2 Å². The van der Waals surface area contributed by atoms with Crippen molar-refractivity contribution in [2.24, 2.45) is 5.10 Å². The van der Waals surface area contributed by atoms with Gasteiger partial charge in [-0.15, -0.1) is 0 Å². The Hall–Kier alpha value is -2.62. The molecule has 2 aromatic carbocycles. The zero-order chi connectivity index (χ0) is 18.8. The van der Waals surface area contributed by atoms with Gasteiger partial charge < -0.3 is 5.32 Å². The molecule has 132 valence electrons. The summed E-state index contributed by atoms with van der Waals surface area (Å²) in [6, 6.07) is 9.21. The number of hydrogen-bond donors (Lipinski definition) is 1. The zero-order valence-corrected chi connectivity index (χ0v) is 15.1. The highest BCUT2D eigenvalue weighted by molar-refractivity contribution is 6.36. The first kappa shape index (κ1) is 18.2. The number of hydrogen-bond acceptors (Lipinski definition) is 3. The van der Waals surface area contributed by atoms with E-state index >= 15 is 0 Å². The molecule has 2 amide bonds. The minimum atomic E-state index is -0.776. The van der Waals surface area contributed by atoms with E-state index in [1.807, 2.05) is 0 Å². The van der Waals surface area contributed by atoms with Crippen LogP contribution >= 0.6 is 23.2 Å². The molecule has 1 N–H and O–H groups in total. The predicted octanol–water partition coefficient (Wildman–Crippen LogP) is 4.61. The standard InChI is InChI=1S/C18H13Cl2FN4O/c1-10-6-11(2-3-16(10)21)13(9-22)17-14(19)7-12(8-15(17)20)25-18(26)23-4-5-24-25/h2-3,5-8,13H,4H2,1H3,(H,23,26). The smallest absolute Gasteiger partial charge is 0.331 e. The number of anilines is 1. The number of urea groups is 1. The first-order chi connectivity index (χ1) is 12.4. The van der Waals surface area contributed by atoms with Gasteiger partial charge in [0.1, 0.15) is 5.82 Å². The van der Waals surface area contributed by atoms with Gasteiger partial charge in [-0.1, -0.05) is 35.3 Å². The van der Waals surface area contributed by atoms with Crippen molar-refractivity contribution >= 4 is 41.1 Å². The van der Waals surface area contributed by atoms with E-state index in [-0.39, 0.29) is 15.9 Å². The summed E-state index contributed by atoms with van der Waals surface area (Å²) >= 11 is 12.8. The van der Waals surface area contributed by atoms with Gasteiger partial charge in [-0.25, -0.2) is 9.18 Å². The van der Waals surface area contributed by atoms with Crippen molar-refractivity contribution in [1.82, 2.24) is 5.32 Å². The molecule has 0 saturated carbocycles. The van der Waals surface area contributed by atoms with Crippen LogP contribution < -0.4 is 10.3 Å². The molecular weight excluding hydrogens is 378 g/mol. The summed E-state index contributed by atoms with van der Waals surface area (Å²) in [4.78, 5) is 11.9. The topological polar surface area (TPSA) is 68.5 Å². The Balaban J connectivity index is 2.05. The fourth-order valence-corrected chi connectivity index (χ4v) is 3.38. The lowest BCUT2D eigenvalue weighted by Crippen LogP contribution is -2.41. The largest absolute Gasteiger partial charge is 0.342 e. The number of rotatable bonds is 3. The van der Waals surface area contributed by atoms with Gasteiger partial charge in [0.15, 0.2) is 0 Å². The summed E-state index contributed by atoms with van der Waals surface area (Å²) in [7, 11) is 0. The molecule has 5 nitrogen and oxygen atoms in total. The minimum absolute atomic E-state index is 0.217. The number of benzene rings is 2. The van der Waals surface area contributed by atoms with Crippen molar-refractivity contribution < 1.29 is 9.18 Å². The molecule has 0 fully saturated rings. The third-order valence-corrected chi connectivity index (χ3v) is 4.60. The molecule has 1 atom stereocenters. The molecule has 1 unspecified atom stereocenters. The third kappa shape index (κ3) is 3.36. The van der Waals surface area contributed by atoms with Crippen LogP contribution in [0.4, 0.5) is 14.9 Å². The molecule has 3 rings (SSSR count). The highest BCUT2D eigenvalue weighted by Gasteiger charge is 2.24. The Bertz CT molecular complexity index is 932. The van der Waals surface area contributed by atoms with Gasteiger partial charge in [-0.2, -0.15) is 15.4 Å². The van der Waals surface area contributed by atoms with E-state index < -0.39 is 11.9 Å². The van der Waals surface area contributed by atoms with Crippen molar-refractivity contribution in [3.05, 3.63) is 62.9 Å². The van der Waals surface area contributed by atoms with Crippen molar-refractivity contribution in [3.8, 4) is 6.07 Å². The molecular formula is C18H13Cl2FN4O. The number of amides is 2. The van der Waals surface area contributed by atoms with Crippen LogP contribution in [0.3, 0.4) is 0 Å². The highest BCUT2D eigenvalue weighted by atomic mass is 35.5. The van der Waals surface area contributed by atoms with Crippen LogP contribution in [0.2, 0.25) is 10.0 Å². The lowest BCUT2D eigenvalue weighted by molar-refractivity contribution is 0.247. The van der Waals surface area contributed by atoms with Crippen molar-refractivity contribution in [1.29, 1.82) is 5.26 Å². The SMILES string of the molecule is Cc1cc(C(C#N)c2c(Cl)cc(N3N=CCNC3=O)cc2Cl)ccc1F. The molecule has 1 aliphatic heterocycles.